The number of carbonyl (C=O) groups is 2. The molecule has 0 bridgehead atoms. The second-order valence-corrected chi connectivity index (χ2v) is 16.3. The molecule has 0 fully saturated rings. The fourth-order valence-electron chi connectivity index (χ4n) is 5.90. The van der Waals surface area contributed by atoms with Crippen molar-refractivity contribution in [3.63, 3.8) is 0 Å². The van der Waals surface area contributed by atoms with Crippen LogP contribution in [0.25, 0.3) is 0 Å². The third-order valence-electron chi connectivity index (χ3n) is 9.26. The van der Waals surface area contributed by atoms with Crippen molar-refractivity contribution in [1.82, 2.24) is 9.62 Å². The summed E-state index contributed by atoms with van der Waals surface area (Å²) in [5.74, 6) is -0.824. The third-order valence-corrected chi connectivity index (χ3v) is 10.3. The molecule has 53 heavy (non-hydrogen) atoms. The molecule has 0 aromatic rings. The van der Waals surface area contributed by atoms with Crippen molar-refractivity contribution in [2.24, 2.45) is 0 Å². The van der Waals surface area contributed by atoms with E-state index in [-0.39, 0.29) is 32.0 Å². The Labute approximate surface area is 327 Å². The number of esters is 2. The summed E-state index contributed by atoms with van der Waals surface area (Å²) in [6.07, 6.45) is 39.3. The van der Waals surface area contributed by atoms with Crippen LogP contribution in [0.2, 0.25) is 0 Å². The van der Waals surface area contributed by atoms with Crippen molar-refractivity contribution in [3.05, 3.63) is 24.3 Å². The summed E-state index contributed by atoms with van der Waals surface area (Å²) in [4.78, 5) is 26.9. The summed E-state index contributed by atoms with van der Waals surface area (Å²) in [6.45, 7) is 4.52. The van der Waals surface area contributed by atoms with Crippen LogP contribution in [0.1, 0.15) is 194 Å². The highest BCUT2D eigenvalue weighted by Crippen LogP contribution is 2.13. The largest absolute Gasteiger partial charge is 0.462 e. The lowest BCUT2D eigenvalue weighted by molar-refractivity contribution is -0.161. The van der Waals surface area contributed by atoms with Crippen LogP contribution in [-0.4, -0.2) is 71.8 Å². The topological polar surface area (TPSA) is 111 Å². The lowest BCUT2D eigenvalue weighted by Crippen LogP contribution is -2.36. The van der Waals surface area contributed by atoms with E-state index in [2.05, 4.69) is 42.9 Å². The van der Waals surface area contributed by atoms with E-state index in [9.17, 15) is 18.0 Å². The third kappa shape index (κ3) is 39.7. The molecule has 0 aromatic carbocycles. The average Bonchev–Trinajstić information content (AvgIpc) is 3.12. The molecule has 0 aliphatic heterocycles. The summed E-state index contributed by atoms with van der Waals surface area (Å²) in [5, 5.41) is 0. The Kier molecular flexibility index (Phi) is 37.2. The van der Waals surface area contributed by atoms with Crippen molar-refractivity contribution < 1.29 is 31.7 Å². The first-order valence-electron chi connectivity index (χ1n) is 21.6. The van der Waals surface area contributed by atoms with E-state index in [0.29, 0.717) is 13.0 Å². The molecular weight excluding hydrogens is 689 g/mol. The summed E-state index contributed by atoms with van der Waals surface area (Å²) < 4.78 is 43.1. The lowest BCUT2D eigenvalue weighted by atomic mass is 10.1. The maximum absolute atomic E-state index is 12.6. The second kappa shape index (κ2) is 38.5. The first-order valence-corrected chi connectivity index (χ1v) is 23.0. The van der Waals surface area contributed by atoms with Crippen LogP contribution in [0.5, 0.6) is 0 Å². The van der Waals surface area contributed by atoms with Gasteiger partial charge in [-0.25, -0.2) is 0 Å². The highest BCUT2D eigenvalue weighted by molar-refractivity contribution is 7.84. The summed E-state index contributed by atoms with van der Waals surface area (Å²) in [6, 6.07) is 0. The van der Waals surface area contributed by atoms with E-state index in [1.165, 1.54) is 89.9 Å². The Balaban J connectivity index is 4.32. The number of hydrogen-bond acceptors (Lipinski definition) is 8. The Hall–Kier alpha value is -1.75. The van der Waals surface area contributed by atoms with Crippen molar-refractivity contribution in [2.75, 3.05) is 40.4 Å². The van der Waals surface area contributed by atoms with Gasteiger partial charge >= 0.3 is 22.2 Å². The zero-order valence-electron chi connectivity index (χ0n) is 34.7. The van der Waals surface area contributed by atoms with Crippen LogP contribution in [0.3, 0.4) is 0 Å². The zero-order valence-corrected chi connectivity index (χ0v) is 35.5. The monoisotopic (exact) mass is 771 g/mol. The number of hydrogen-bond donors (Lipinski definition) is 1. The smallest absolute Gasteiger partial charge is 0.336 e. The van der Waals surface area contributed by atoms with Crippen LogP contribution >= 0.6 is 0 Å². The van der Waals surface area contributed by atoms with Gasteiger partial charge in [0.15, 0.2) is 6.10 Å². The molecule has 0 heterocycles. The van der Waals surface area contributed by atoms with Gasteiger partial charge in [0.1, 0.15) is 13.2 Å². The predicted octanol–water partition coefficient (Wildman–Crippen LogP) is 10.9. The molecule has 0 saturated heterocycles. The average molecular weight is 771 g/mol. The quantitative estimate of drug-likeness (QED) is 0.0372. The van der Waals surface area contributed by atoms with Crippen LogP contribution in [0.4, 0.5) is 0 Å². The van der Waals surface area contributed by atoms with Gasteiger partial charge in [-0.2, -0.15) is 13.1 Å². The normalized spacial score (nSPS) is 12.7. The second-order valence-electron chi connectivity index (χ2n) is 14.9. The number of unbranched alkanes of at least 4 members (excludes halogenated alkanes) is 22. The standard InChI is InChI=1S/C43H82N2O7S/c1-5-7-9-11-13-15-17-19-21-23-25-27-29-31-33-35-42(46)50-39-41(40-51-53(48,49)44-37-38-45(3)4)52-43(47)36-34-32-30-28-26-24-22-20-18-16-14-12-10-8-6-2/h19-22,41,44H,5-18,23-40H2,1-4H3. The Morgan fingerprint density at radius 3 is 1.40 bits per heavy atom. The number of ether oxygens (including phenoxy) is 2. The minimum atomic E-state index is -4.05. The number of carbonyl (C=O) groups excluding carboxylic acids is 2. The van der Waals surface area contributed by atoms with Crippen molar-refractivity contribution in [3.8, 4) is 0 Å². The van der Waals surface area contributed by atoms with Crippen molar-refractivity contribution >= 4 is 22.2 Å². The Morgan fingerprint density at radius 2 is 0.962 bits per heavy atom. The Bertz CT molecular complexity index is 1000. The van der Waals surface area contributed by atoms with Gasteiger partial charge in [-0.3, -0.25) is 13.8 Å². The van der Waals surface area contributed by atoms with Gasteiger partial charge < -0.3 is 14.4 Å². The first-order chi connectivity index (χ1) is 25.7. The first kappa shape index (κ1) is 51.2. The maximum Gasteiger partial charge on any atom is 0.336 e. The fraction of sp³-hybridized carbons (Fsp3) is 0.860. The number of nitrogens with one attached hydrogen (secondary N) is 1. The van der Waals surface area contributed by atoms with Crippen LogP contribution in [-0.2, 0) is 33.6 Å². The highest BCUT2D eigenvalue weighted by Gasteiger charge is 2.21. The molecule has 1 atom stereocenters. The molecule has 1 unspecified atom stereocenters. The van der Waals surface area contributed by atoms with Crippen LogP contribution < -0.4 is 4.72 Å². The van der Waals surface area contributed by atoms with E-state index >= 15 is 0 Å². The molecule has 9 nitrogen and oxygen atoms in total. The molecule has 0 amide bonds. The van der Waals surface area contributed by atoms with E-state index in [0.717, 1.165) is 70.6 Å². The van der Waals surface area contributed by atoms with Gasteiger partial charge in [0, 0.05) is 25.9 Å². The van der Waals surface area contributed by atoms with Crippen molar-refractivity contribution in [2.45, 2.75) is 200 Å². The van der Waals surface area contributed by atoms with Gasteiger partial charge in [0.2, 0.25) is 0 Å². The number of allylic oxidation sites excluding steroid dienone is 4. The SMILES string of the molecule is CCCCCCCCC=CCCCCCCCC(=O)OCC(COS(=O)(=O)NCCN(C)C)OC(=O)CCCCCCCC=CCCCCCCCC. The van der Waals surface area contributed by atoms with E-state index in [4.69, 9.17) is 13.7 Å². The maximum atomic E-state index is 12.6. The molecule has 0 rings (SSSR count). The molecule has 312 valence electrons. The zero-order chi connectivity index (χ0) is 39.1. The molecule has 0 aromatic heterocycles. The molecular formula is C43H82N2O7S. The molecule has 0 aliphatic carbocycles. The van der Waals surface area contributed by atoms with Crippen LogP contribution in [0.15, 0.2) is 24.3 Å². The Morgan fingerprint density at radius 1 is 0.566 bits per heavy atom. The number of nitrogens with zero attached hydrogens (tertiary/aromatic N) is 1. The molecule has 1 N–H and O–H groups in total. The van der Waals surface area contributed by atoms with Gasteiger partial charge in [-0.1, -0.05) is 141 Å². The fourth-order valence-corrected chi connectivity index (χ4v) is 6.66. The van der Waals surface area contributed by atoms with E-state index < -0.39 is 29.0 Å². The predicted molar refractivity (Wildman–Crippen MR) is 221 cm³/mol. The molecule has 0 aliphatic rings. The summed E-state index contributed by atoms with van der Waals surface area (Å²) in [5.41, 5.74) is 0. The van der Waals surface area contributed by atoms with E-state index in [1.54, 1.807) is 0 Å². The van der Waals surface area contributed by atoms with Gasteiger partial charge in [-0.15, -0.1) is 0 Å². The van der Waals surface area contributed by atoms with Crippen LogP contribution in [0, 0.1) is 0 Å². The molecule has 0 saturated carbocycles. The van der Waals surface area contributed by atoms with Gasteiger partial charge in [0.25, 0.3) is 0 Å². The minimum absolute atomic E-state index is 0.181. The van der Waals surface area contributed by atoms with Gasteiger partial charge in [0.05, 0.1) is 0 Å². The summed E-state index contributed by atoms with van der Waals surface area (Å²) in [7, 11) is -0.367. The number of rotatable bonds is 40. The highest BCUT2D eigenvalue weighted by atomic mass is 32.2. The molecule has 0 spiro atoms. The minimum Gasteiger partial charge on any atom is -0.462 e. The lowest BCUT2D eigenvalue weighted by Gasteiger charge is -2.18. The number of likely N-dealkylation sites (N-methyl/N-ethyl adjacent to an activating group) is 1. The summed E-state index contributed by atoms with van der Waals surface area (Å²) >= 11 is 0. The van der Waals surface area contributed by atoms with Gasteiger partial charge in [-0.05, 0) is 78.3 Å². The van der Waals surface area contributed by atoms with Crippen molar-refractivity contribution in [1.29, 1.82) is 0 Å². The molecule has 10 heteroatoms. The molecule has 0 radical (unpaired) electrons. The van der Waals surface area contributed by atoms with E-state index in [1.807, 2.05) is 19.0 Å².